The Morgan fingerprint density at radius 2 is 1.96 bits per heavy atom. The number of nitrogens with zero attached hydrogens (tertiary/aromatic N) is 1. The van der Waals surface area contributed by atoms with Gasteiger partial charge < -0.3 is 14.8 Å². The van der Waals surface area contributed by atoms with Gasteiger partial charge in [0.15, 0.2) is 0 Å². The molecule has 1 aliphatic rings. The van der Waals surface area contributed by atoms with Crippen LogP contribution in [0.5, 0.6) is 5.75 Å². The summed E-state index contributed by atoms with van der Waals surface area (Å²) in [5.41, 5.74) is 0.133. The van der Waals surface area contributed by atoms with Crippen molar-refractivity contribution in [3.63, 3.8) is 0 Å². The highest BCUT2D eigenvalue weighted by Gasteiger charge is 2.40. The predicted molar refractivity (Wildman–Crippen MR) is 89.5 cm³/mol. The van der Waals surface area contributed by atoms with E-state index in [1.54, 1.807) is 7.05 Å². The Bertz CT molecular complexity index is 696. The van der Waals surface area contributed by atoms with Crippen LogP contribution in [-0.2, 0) is 14.8 Å². The van der Waals surface area contributed by atoms with Crippen molar-refractivity contribution in [3.8, 4) is 5.75 Å². The Balaban J connectivity index is 2.45. The van der Waals surface area contributed by atoms with E-state index in [0.717, 1.165) is 6.42 Å². The van der Waals surface area contributed by atoms with E-state index in [1.165, 1.54) is 25.3 Å². The molecule has 24 heavy (non-hydrogen) atoms. The summed E-state index contributed by atoms with van der Waals surface area (Å²) < 4.78 is 36.3. The molecule has 8 heteroatoms. The van der Waals surface area contributed by atoms with E-state index in [1.807, 2.05) is 6.92 Å². The zero-order valence-corrected chi connectivity index (χ0v) is 15.2. The number of benzene rings is 1. The quantitative estimate of drug-likeness (QED) is 0.604. The molecule has 1 heterocycles. The normalized spacial score (nSPS) is 17.3. The van der Waals surface area contributed by atoms with E-state index in [2.05, 4.69) is 5.32 Å². The molecular weight excluding hydrogens is 332 g/mol. The minimum absolute atomic E-state index is 0.0875. The molecule has 1 aromatic rings. The van der Waals surface area contributed by atoms with Gasteiger partial charge in [-0.2, -0.15) is 8.42 Å². The van der Waals surface area contributed by atoms with Gasteiger partial charge in [0.05, 0.1) is 20.8 Å². The number of quaternary nitrogens is 1. The third kappa shape index (κ3) is 3.55. The molecular formula is C16H25N2O5S+. The topological polar surface area (TPSA) is 81.7 Å². The number of likely N-dealkylation sites (N-methyl/N-ethyl adjacent to an activating group) is 1. The van der Waals surface area contributed by atoms with Gasteiger partial charge in [0.1, 0.15) is 29.3 Å². The van der Waals surface area contributed by atoms with Crippen LogP contribution in [0.2, 0.25) is 0 Å². The fourth-order valence-electron chi connectivity index (χ4n) is 2.64. The molecule has 0 saturated carbocycles. The third-order valence-corrected chi connectivity index (χ3v) is 6.59. The molecule has 0 aliphatic carbocycles. The van der Waals surface area contributed by atoms with E-state index in [4.69, 9.17) is 9.47 Å². The minimum Gasteiger partial charge on any atom is -0.493 e. The first-order valence-electron chi connectivity index (χ1n) is 8.01. The summed E-state index contributed by atoms with van der Waals surface area (Å²) in [7, 11) is -0.664. The zero-order valence-electron chi connectivity index (χ0n) is 14.4. The van der Waals surface area contributed by atoms with Crippen molar-refractivity contribution in [1.29, 1.82) is 0 Å². The summed E-state index contributed by atoms with van der Waals surface area (Å²) in [5.74, 6) is -0.272. The SMILES string of the molecule is CCCOc1ccc(S(=O)(=O)[N+]2(C)CCNCC2)cc1C(=O)OC. The molecule has 0 bridgehead atoms. The highest BCUT2D eigenvalue weighted by molar-refractivity contribution is 7.86. The average molecular weight is 357 g/mol. The van der Waals surface area contributed by atoms with Gasteiger partial charge >= 0.3 is 16.0 Å². The van der Waals surface area contributed by atoms with Crippen LogP contribution in [0.3, 0.4) is 0 Å². The van der Waals surface area contributed by atoms with Crippen LogP contribution in [0.4, 0.5) is 0 Å². The largest absolute Gasteiger partial charge is 0.493 e. The summed E-state index contributed by atoms with van der Waals surface area (Å²) in [6.45, 7) is 4.62. The number of esters is 1. The number of carbonyl (C=O) groups excluding carboxylic acids is 1. The Morgan fingerprint density at radius 1 is 1.29 bits per heavy atom. The summed E-state index contributed by atoms with van der Waals surface area (Å²) in [4.78, 5) is 12.1. The van der Waals surface area contributed by atoms with Crippen molar-refractivity contribution in [2.75, 3.05) is 46.9 Å². The Kier molecular flexibility index (Phi) is 5.84. The molecule has 0 aromatic heterocycles. The molecule has 134 valence electrons. The molecule has 0 amide bonds. The standard InChI is InChI=1S/C16H25N2O5S/c1-4-11-23-15-6-5-13(12-14(15)16(19)22-3)24(20,21)18(2)9-7-17-8-10-18/h5-6,12,17H,4,7-11H2,1-3H3/q+1. The fraction of sp³-hybridized carbons (Fsp3) is 0.562. The minimum atomic E-state index is -3.63. The molecule has 0 radical (unpaired) electrons. The van der Waals surface area contributed by atoms with Crippen molar-refractivity contribution in [2.24, 2.45) is 0 Å². The van der Waals surface area contributed by atoms with Crippen molar-refractivity contribution in [3.05, 3.63) is 23.8 Å². The van der Waals surface area contributed by atoms with Crippen molar-refractivity contribution >= 4 is 16.0 Å². The van der Waals surface area contributed by atoms with Crippen LogP contribution >= 0.6 is 0 Å². The molecule has 0 unspecified atom stereocenters. The smallest absolute Gasteiger partial charge is 0.341 e. The fourth-order valence-corrected chi connectivity index (χ4v) is 4.32. The van der Waals surface area contributed by atoms with Gasteiger partial charge in [-0.1, -0.05) is 6.92 Å². The molecule has 0 atom stereocenters. The molecule has 1 aromatic carbocycles. The highest BCUT2D eigenvalue weighted by Crippen LogP contribution is 2.28. The van der Waals surface area contributed by atoms with Crippen LogP contribution < -0.4 is 10.1 Å². The first kappa shape index (κ1) is 18.7. The summed E-state index contributed by atoms with van der Waals surface area (Å²) in [6, 6.07) is 4.39. The second-order valence-corrected chi connectivity index (χ2v) is 8.27. The van der Waals surface area contributed by atoms with E-state index in [0.29, 0.717) is 38.5 Å². The van der Waals surface area contributed by atoms with Gasteiger partial charge in [-0.3, -0.25) is 0 Å². The van der Waals surface area contributed by atoms with Crippen molar-refractivity contribution in [1.82, 2.24) is 5.32 Å². The Labute approximate surface area is 143 Å². The molecule has 0 spiro atoms. The lowest BCUT2D eigenvalue weighted by Crippen LogP contribution is -2.58. The van der Waals surface area contributed by atoms with Crippen LogP contribution in [0, 0.1) is 0 Å². The van der Waals surface area contributed by atoms with E-state index < -0.39 is 16.0 Å². The first-order valence-corrected chi connectivity index (χ1v) is 9.45. The van der Waals surface area contributed by atoms with Crippen LogP contribution in [0.25, 0.3) is 0 Å². The number of ether oxygens (including phenoxy) is 2. The summed E-state index contributed by atoms with van der Waals surface area (Å²) in [5, 5.41) is 3.16. The third-order valence-electron chi connectivity index (χ3n) is 4.22. The average Bonchev–Trinajstić information content (AvgIpc) is 2.59. The molecule has 7 nitrogen and oxygen atoms in total. The number of hydrogen-bond acceptors (Lipinski definition) is 6. The van der Waals surface area contributed by atoms with E-state index in [9.17, 15) is 13.2 Å². The number of carbonyl (C=O) groups is 1. The van der Waals surface area contributed by atoms with Crippen molar-refractivity contribution < 1.29 is 26.6 Å². The van der Waals surface area contributed by atoms with Gasteiger partial charge in [-0.25, -0.2) is 8.68 Å². The summed E-state index contributed by atoms with van der Waals surface area (Å²) >= 11 is 0. The number of rotatable bonds is 6. The van der Waals surface area contributed by atoms with Gasteiger partial charge in [-0.15, -0.1) is 0 Å². The van der Waals surface area contributed by atoms with Gasteiger partial charge in [0.25, 0.3) is 0 Å². The first-order chi connectivity index (χ1) is 11.4. The number of nitrogens with one attached hydrogen (secondary N) is 1. The maximum Gasteiger partial charge on any atom is 0.341 e. The molecule has 1 fully saturated rings. The lowest BCUT2D eigenvalue weighted by Gasteiger charge is -2.36. The zero-order chi connectivity index (χ0) is 17.8. The lowest BCUT2D eigenvalue weighted by molar-refractivity contribution is -0.787. The monoisotopic (exact) mass is 357 g/mol. The van der Waals surface area contributed by atoms with Gasteiger partial charge in [0, 0.05) is 13.1 Å². The number of sulfonamides is 1. The second kappa shape index (κ2) is 7.50. The maximum atomic E-state index is 13.0. The van der Waals surface area contributed by atoms with Gasteiger partial charge in [0.2, 0.25) is 0 Å². The van der Waals surface area contributed by atoms with Crippen molar-refractivity contribution in [2.45, 2.75) is 18.2 Å². The number of methoxy groups -OCH3 is 1. The Morgan fingerprint density at radius 3 is 2.54 bits per heavy atom. The second-order valence-electron chi connectivity index (χ2n) is 5.97. The maximum absolute atomic E-state index is 13.0. The van der Waals surface area contributed by atoms with Crippen LogP contribution in [0.1, 0.15) is 23.7 Å². The van der Waals surface area contributed by atoms with E-state index >= 15 is 0 Å². The number of piperazine rings is 1. The van der Waals surface area contributed by atoms with Gasteiger partial charge in [-0.05, 0) is 24.6 Å². The molecule has 1 aliphatic heterocycles. The molecule has 1 N–H and O–H groups in total. The van der Waals surface area contributed by atoms with E-state index in [-0.39, 0.29) is 14.3 Å². The Hall–Kier alpha value is -1.64. The summed E-state index contributed by atoms with van der Waals surface area (Å²) in [6.07, 6.45) is 0.780. The van der Waals surface area contributed by atoms with Crippen LogP contribution in [-0.4, -0.2) is 65.2 Å². The van der Waals surface area contributed by atoms with Crippen LogP contribution in [0.15, 0.2) is 23.1 Å². The predicted octanol–water partition coefficient (Wildman–Crippen LogP) is 1.00. The molecule has 1 saturated heterocycles. The highest BCUT2D eigenvalue weighted by atomic mass is 32.2. The molecule has 2 rings (SSSR count). The lowest BCUT2D eigenvalue weighted by atomic mass is 10.2. The number of hydrogen-bond donors (Lipinski definition) is 1.